The van der Waals surface area contributed by atoms with Gasteiger partial charge in [0.2, 0.25) is 5.95 Å². The Hall–Kier alpha value is -2.97. The number of hydrogen-bond acceptors (Lipinski definition) is 6. The molecule has 7 nitrogen and oxygen atoms in total. The number of aromatic nitrogens is 3. The summed E-state index contributed by atoms with van der Waals surface area (Å²) in [4.78, 5) is 14.7. The van der Waals surface area contributed by atoms with Crippen LogP contribution in [0.1, 0.15) is 45.4 Å². The van der Waals surface area contributed by atoms with Gasteiger partial charge in [-0.15, -0.1) is 6.58 Å². The molecular weight excluding hydrogens is 441 g/mol. The number of halogens is 1. The molecule has 0 saturated carbocycles. The Labute approximate surface area is 207 Å². The van der Waals surface area contributed by atoms with E-state index in [9.17, 15) is 4.39 Å². The molecule has 2 aromatic rings. The van der Waals surface area contributed by atoms with Crippen LogP contribution in [0.2, 0.25) is 0 Å². The van der Waals surface area contributed by atoms with Gasteiger partial charge in [-0.25, -0.2) is 4.39 Å². The summed E-state index contributed by atoms with van der Waals surface area (Å²) in [7, 11) is 2.19. The molecule has 0 spiro atoms. The lowest BCUT2D eigenvalue weighted by atomic mass is 9.81. The summed E-state index contributed by atoms with van der Waals surface area (Å²) < 4.78 is 14.9. The molecule has 0 bridgehead atoms. The monoisotopic (exact) mass is 479 g/mol. The van der Waals surface area contributed by atoms with Crippen LogP contribution in [0.4, 0.5) is 16.2 Å². The third-order valence-electron chi connectivity index (χ3n) is 7.17. The Morgan fingerprint density at radius 1 is 1.34 bits per heavy atom. The van der Waals surface area contributed by atoms with Crippen LogP contribution >= 0.6 is 0 Å². The summed E-state index contributed by atoms with van der Waals surface area (Å²) in [5, 5.41) is 10.7. The summed E-state index contributed by atoms with van der Waals surface area (Å²) in [6, 6.07) is 1.65. The highest BCUT2D eigenvalue weighted by molar-refractivity contribution is 5.88. The maximum Gasteiger partial charge on any atom is 0.231 e. The van der Waals surface area contributed by atoms with Crippen LogP contribution in [0.3, 0.4) is 0 Å². The largest absolute Gasteiger partial charge is 0.346 e. The Kier molecular flexibility index (Phi) is 8.36. The van der Waals surface area contributed by atoms with Gasteiger partial charge < -0.3 is 25.8 Å². The molecule has 188 valence electrons. The first-order valence-corrected chi connectivity index (χ1v) is 12.7. The van der Waals surface area contributed by atoms with Crippen LogP contribution in [-0.2, 0) is 0 Å². The maximum atomic E-state index is 14.9. The van der Waals surface area contributed by atoms with Gasteiger partial charge in [-0.05, 0) is 82.4 Å². The summed E-state index contributed by atoms with van der Waals surface area (Å²) in [6.45, 7) is 9.12. The number of hydrogen-bond donors (Lipinski definition) is 4. The van der Waals surface area contributed by atoms with Gasteiger partial charge in [0.05, 0.1) is 11.4 Å². The zero-order valence-electron chi connectivity index (χ0n) is 20.9. The number of H-pyrrole nitrogens is 1. The van der Waals surface area contributed by atoms with Gasteiger partial charge in [0.1, 0.15) is 17.3 Å². The first-order chi connectivity index (χ1) is 17.0. The molecule has 2 unspecified atom stereocenters. The van der Waals surface area contributed by atoms with Gasteiger partial charge >= 0.3 is 0 Å². The maximum absolute atomic E-state index is 14.9. The Balaban J connectivity index is 1.35. The molecule has 2 aliphatic rings. The van der Waals surface area contributed by atoms with Gasteiger partial charge in [0, 0.05) is 18.4 Å². The van der Waals surface area contributed by atoms with Crippen LogP contribution < -0.4 is 16.0 Å². The fraction of sp³-hybridized carbons (Fsp3) is 0.481. The number of unbranched alkanes of at least 4 members (excludes halogenated alkanes) is 1. The van der Waals surface area contributed by atoms with Gasteiger partial charge in [-0.1, -0.05) is 25.2 Å². The quantitative estimate of drug-likeness (QED) is 0.238. The third-order valence-corrected chi connectivity index (χ3v) is 7.17. The Morgan fingerprint density at radius 3 is 2.97 bits per heavy atom. The van der Waals surface area contributed by atoms with Crippen LogP contribution in [-0.4, -0.2) is 52.6 Å². The van der Waals surface area contributed by atoms with E-state index in [1.807, 2.05) is 36.7 Å². The van der Waals surface area contributed by atoms with Crippen molar-refractivity contribution in [2.24, 2.45) is 5.41 Å². The molecule has 1 saturated heterocycles. The molecule has 0 radical (unpaired) electrons. The number of anilines is 2. The first kappa shape index (κ1) is 25.1. The number of likely N-dealkylation sites (tertiary alicyclic amines) is 1. The number of aromatic amines is 1. The predicted molar refractivity (Wildman–Crippen MR) is 143 cm³/mol. The molecule has 2 aromatic heterocycles. The summed E-state index contributed by atoms with van der Waals surface area (Å²) >= 11 is 0. The number of nitrogens with one attached hydrogen (secondary N) is 4. The minimum atomic E-state index is -0.279. The lowest BCUT2D eigenvalue weighted by Gasteiger charge is -2.29. The second kappa shape index (κ2) is 11.6. The number of nitrogens with zero attached hydrogens (tertiary/aromatic N) is 3. The molecule has 0 aromatic carbocycles. The van der Waals surface area contributed by atoms with Crippen molar-refractivity contribution in [2.45, 2.75) is 51.5 Å². The van der Waals surface area contributed by atoms with Crippen LogP contribution in [0.5, 0.6) is 0 Å². The van der Waals surface area contributed by atoms with E-state index in [2.05, 4.69) is 56.4 Å². The average molecular weight is 480 g/mol. The Morgan fingerprint density at radius 2 is 2.23 bits per heavy atom. The van der Waals surface area contributed by atoms with Crippen molar-refractivity contribution < 1.29 is 4.39 Å². The number of fused-ring (bicyclic) bond motifs is 1. The van der Waals surface area contributed by atoms with E-state index in [-0.39, 0.29) is 11.9 Å². The van der Waals surface area contributed by atoms with Gasteiger partial charge in [-0.3, -0.25) is 0 Å². The summed E-state index contributed by atoms with van der Waals surface area (Å²) in [6.07, 6.45) is 17.1. The fourth-order valence-corrected chi connectivity index (χ4v) is 4.94. The Bertz CT molecular complexity index is 1100. The molecule has 35 heavy (non-hydrogen) atoms. The zero-order valence-corrected chi connectivity index (χ0v) is 20.9. The second-order valence-electron chi connectivity index (χ2n) is 9.70. The van der Waals surface area contributed by atoms with Crippen molar-refractivity contribution in [3.05, 3.63) is 60.9 Å². The molecule has 1 aliphatic heterocycles. The third kappa shape index (κ3) is 6.38. The smallest absolute Gasteiger partial charge is 0.231 e. The van der Waals surface area contributed by atoms with E-state index in [1.165, 1.54) is 12.8 Å². The predicted octanol–water partition coefficient (Wildman–Crippen LogP) is 5.48. The van der Waals surface area contributed by atoms with E-state index >= 15 is 0 Å². The van der Waals surface area contributed by atoms with Crippen molar-refractivity contribution in [3.8, 4) is 0 Å². The van der Waals surface area contributed by atoms with E-state index in [0.717, 1.165) is 44.3 Å². The van der Waals surface area contributed by atoms with E-state index in [0.29, 0.717) is 34.9 Å². The van der Waals surface area contributed by atoms with Crippen molar-refractivity contribution in [2.75, 3.05) is 37.3 Å². The molecule has 8 heteroatoms. The van der Waals surface area contributed by atoms with E-state index in [1.54, 1.807) is 6.08 Å². The van der Waals surface area contributed by atoms with Crippen molar-refractivity contribution >= 4 is 22.8 Å². The van der Waals surface area contributed by atoms with Gasteiger partial charge in [-0.2, -0.15) is 9.97 Å². The molecule has 1 fully saturated rings. The zero-order chi connectivity index (χ0) is 24.7. The molecule has 1 aliphatic carbocycles. The summed E-state index contributed by atoms with van der Waals surface area (Å²) in [5.41, 5.74) is 1.74. The topological polar surface area (TPSA) is 80.9 Å². The highest BCUT2D eigenvalue weighted by atomic mass is 19.1. The molecular formula is C27H38FN7. The fourth-order valence-electron chi connectivity index (χ4n) is 4.94. The minimum Gasteiger partial charge on any atom is -0.346 e. The van der Waals surface area contributed by atoms with E-state index in [4.69, 9.17) is 0 Å². The lowest BCUT2D eigenvalue weighted by Crippen LogP contribution is -2.35. The van der Waals surface area contributed by atoms with Crippen LogP contribution in [0.25, 0.3) is 11.0 Å². The average Bonchev–Trinajstić information content (AvgIpc) is 3.47. The van der Waals surface area contributed by atoms with Crippen LogP contribution in [0, 0.1) is 5.41 Å². The molecule has 2 atom stereocenters. The van der Waals surface area contributed by atoms with Crippen molar-refractivity contribution in [1.29, 1.82) is 0 Å². The lowest BCUT2D eigenvalue weighted by molar-refractivity contribution is 0.244. The standard InChI is InChI=1S/C27H38FN7/c1-4-6-7-8-14-30-24-21-11-15-31-25(21)34-26(33-24)32-20-9-10-23(22(28)18-20)29-16-12-27(5-2)13-17-35(3)19-27/h4,8-9,11,14-15,18,23,29H,1,5-7,10,12-13,16-17,19H2,2-3H3,(H3,30,31,32,33,34)/b14-8+. The SMILES string of the molecule is C=CCC/C=C/Nc1nc(NC2=CCC(NCCC3(CC)CCN(C)C3)C(F)=C2)nc2[nH]ccc12. The molecule has 4 N–H and O–H groups in total. The van der Waals surface area contributed by atoms with Gasteiger partial charge in [0.25, 0.3) is 0 Å². The highest BCUT2D eigenvalue weighted by Gasteiger charge is 2.34. The number of rotatable bonds is 12. The van der Waals surface area contributed by atoms with Crippen molar-refractivity contribution in [1.82, 2.24) is 25.2 Å². The highest BCUT2D eigenvalue weighted by Crippen LogP contribution is 2.36. The van der Waals surface area contributed by atoms with Gasteiger partial charge in [0.15, 0.2) is 0 Å². The number of allylic oxidation sites excluding steroid dienone is 3. The van der Waals surface area contributed by atoms with Crippen LogP contribution in [0.15, 0.2) is 60.9 Å². The molecule has 4 rings (SSSR count). The normalized spacial score (nSPS) is 23.0. The van der Waals surface area contributed by atoms with E-state index < -0.39 is 0 Å². The summed E-state index contributed by atoms with van der Waals surface area (Å²) in [5.74, 6) is 0.948. The minimum absolute atomic E-state index is 0.159. The second-order valence-corrected chi connectivity index (χ2v) is 9.70. The molecule has 0 amide bonds. The van der Waals surface area contributed by atoms with Crippen molar-refractivity contribution in [3.63, 3.8) is 0 Å². The molecule has 3 heterocycles. The first-order valence-electron chi connectivity index (χ1n) is 12.7.